The molecule has 2 rings (SSSR count). The summed E-state index contributed by atoms with van der Waals surface area (Å²) in [5.74, 6) is -0.822. The number of benzene rings is 1. The van der Waals surface area contributed by atoms with Crippen LogP contribution in [0.15, 0.2) is 53.5 Å². The first-order valence-electron chi connectivity index (χ1n) is 9.75. The van der Waals surface area contributed by atoms with Crippen LogP contribution in [0.4, 0.5) is 0 Å². The van der Waals surface area contributed by atoms with Crippen molar-refractivity contribution < 1.29 is 18.6 Å². The minimum Gasteiger partial charge on any atom is -0.504 e. The Morgan fingerprint density at radius 3 is 2.57 bits per heavy atom. The van der Waals surface area contributed by atoms with E-state index in [-0.39, 0.29) is 16.4 Å². The standard InChI is InChI=1S/C22H31NO4S/c1-5-9-12-22(8-4)15-28(26,27)20-14-19(25)18(24)13-17(20)21(23-22)16(10-6-2)11-7-3/h6-7,10-11,13-14,21,23-25H,2,5,8-9,12,15H2,1,3-4H3/b11-7-,16-10+/t21-,22-/m1/s1. The van der Waals surface area contributed by atoms with Gasteiger partial charge in [0.2, 0.25) is 0 Å². The number of phenols is 2. The van der Waals surface area contributed by atoms with Gasteiger partial charge in [0.25, 0.3) is 0 Å². The summed E-state index contributed by atoms with van der Waals surface area (Å²) >= 11 is 0. The van der Waals surface area contributed by atoms with E-state index in [1.54, 1.807) is 6.08 Å². The van der Waals surface area contributed by atoms with E-state index in [1.807, 2.05) is 32.1 Å². The van der Waals surface area contributed by atoms with E-state index in [0.29, 0.717) is 12.0 Å². The van der Waals surface area contributed by atoms with E-state index in [0.717, 1.165) is 24.8 Å². The van der Waals surface area contributed by atoms with Crippen LogP contribution in [0.2, 0.25) is 0 Å². The van der Waals surface area contributed by atoms with Crippen molar-refractivity contribution in [2.45, 2.75) is 62.9 Å². The van der Waals surface area contributed by atoms with Gasteiger partial charge in [0.05, 0.1) is 16.7 Å². The molecule has 0 bridgehead atoms. The van der Waals surface area contributed by atoms with E-state index in [9.17, 15) is 18.6 Å². The zero-order valence-corrected chi connectivity index (χ0v) is 17.7. The molecule has 28 heavy (non-hydrogen) atoms. The van der Waals surface area contributed by atoms with Crippen molar-refractivity contribution in [3.63, 3.8) is 0 Å². The van der Waals surface area contributed by atoms with Crippen molar-refractivity contribution in [1.29, 1.82) is 0 Å². The van der Waals surface area contributed by atoms with Crippen LogP contribution in [0.5, 0.6) is 11.5 Å². The third-order valence-electron chi connectivity index (χ3n) is 5.36. The van der Waals surface area contributed by atoms with E-state index >= 15 is 0 Å². The number of allylic oxidation sites excluding steroid dienone is 3. The van der Waals surface area contributed by atoms with Gasteiger partial charge in [-0.25, -0.2) is 8.42 Å². The zero-order chi connectivity index (χ0) is 20.9. The van der Waals surface area contributed by atoms with Crippen molar-refractivity contribution in [3.8, 4) is 11.5 Å². The van der Waals surface area contributed by atoms with E-state index in [1.165, 1.54) is 12.1 Å². The van der Waals surface area contributed by atoms with Gasteiger partial charge in [-0.1, -0.05) is 57.6 Å². The van der Waals surface area contributed by atoms with Gasteiger partial charge in [-0.3, -0.25) is 5.32 Å². The smallest absolute Gasteiger partial charge is 0.180 e. The molecule has 0 saturated carbocycles. The molecule has 0 amide bonds. The maximum atomic E-state index is 13.3. The summed E-state index contributed by atoms with van der Waals surface area (Å²) in [4.78, 5) is 0.0617. The SMILES string of the molecule is C=C/C=C(\C=C/C)[C@H]1N[C@](CC)(CCCC)CS(=O)(=O)c2cc(O)c(O)cc21. The number of nitrogens with one attached hydrogen (secondary N) is 1. The predicted octanol–water partition coefficient (Wildman–Crippen LogP) is 4.54. The average molecular weight is 406 g/mol. The van der Waals surface area contributed by atoms with Crippen LogP contribution in [-0.2, 0) is 9.84 Å². The third-order valence-corrected chi connectivity index (χ3v) is 7.31. The van der Waals surface area contributed by atoms with Crippen LogP contribution in [-0.4, -0.2) is 29.9 Å². The lowest BCUT2D eigenvalue weighted by Gasteiger charge is -2.36. The quantitative estimate of drug-likeness (QED) is 0.458. The highest BCUT2D eigenvalue weighted by Crippen LogP contribution is 2.42. The molecular weight excluding hydrogens is 374 g/mol. The first kappa shape index (κ1) is 22.2. The number of sulfone groups is 1. The number of aromatic hydroxyl groups is 2. The first-order chi connectivity index (χ1) is 13.2. The Bertz CT molecular complexity index is 886. The Balaban J connectivity index is 2.80. The van der Waals surface area contributed by atoms with Crippen LogP contribution < -0.4 is 5.32 Å². The van der Waals surface area contributed by atoms with Crippen molar-refractivity contribution in [1.82, 2.24) is 5.32 Å². The number of rotatable bonds is 7. The largest absolute Gasteiger partial charge is 0.504 e. The highest BCUT2D eigenvalue weighted by Gasteiger charge is 2.42. The second kappa shape index (κ2) is 8.97. The molecule has 0 radical (unpaired) electrons. The summed E-state index contributed by atoms with van der Waals surface area (Å²) in [5, 5.41) is 23.7. The van der Waals surface area contributed by atoms with Gasteiger partial charge in [-0.2, -0.15) is 0 Å². The van der Waals surface area contributed by atoms with Gasteiger partial charge >= 0.3 is 0 Å². The molecule has 0 saturated heterocycles. The van der Waals surface area contributed by atoms with Crippen molar-refractivity contribution in [2.24, 2.45) is 0 Å². The predicted molar refractivity (Wildman–Crippen MR) is 113 cm³/mol. The highest BCUT2D eigenvalue weighted by molar-refractivity contribution is 7.91. The summed E-state index contributed by atoms with van der Waals surface area (Å²) in [6.45, 7) is 9.75. The summed E-state index contributed by atoms with van der Waals surface area (Å²) in [6, 6.07) is 2.07. The lowest BCUT2D eigenvalue weighted by Crippen LogP contribution is -2.50. The minimum atomic E-state index is -3.67. The molecule has 1 aliphatic heterocycles. The molecule has 0 fully saturated rings. The lowest BCUT2D eigenvalue weighted by molar-refractivity contribution is 0.294. The zero-order valence-electron chi connectivity index (χ0n) is 16.9. The Labute approximate surface area is 168 Å². The molecule has 2 atom stereocenters. The second-order valence-corrected chi connectivity index (χ2v) is 9.31. The fourth-order valence-corrected chi connectivity index (χ4v) is 5.96. The van der Waals surface area contributed by atoms with Gasteiger partial charge < -0.3 is 10.2 Å². The Morgan fingerprint density at radius 2 is 2.00 bits per heavy atom. The first-order valence-corrected chi connectivity index (χ1v) is 11.4. The minimum absolute atomic E-state index is 0.0541. The van der Waals surface area contributed by atoms with Gasteiger partial charge in [-0.05, 0) is 37.0 Å². The van der Waals surface area contributed by atoms with Crippen molar-refractivity contribution in [3.05, 3.63) is 54.2 Å². The molecule has 154 valence electrons. The maximum absolute atomic E-state index is 13.3. The Kier molecular flexibility index (Phi) is 7.12. The lowest BCUT2D eigenvalue weighted by atomic mass is 9.87. The topological polar surface area (TPSA) is 86.6 Å². The summed E-state index contributed by atoms with van der Waals surface area (Å²) in [5.41, 5.74) is 0.676. The van der Waals surface area contributed by atoms with E-state index in [4.69, 9.17) is 0 Å². The van der Waals surface area contributed by atoms with E-state index < -0.39 is 27.2 Å². The number of hydrogen-bond acceptors (Lipinski definition) is 5. The van der Waals surface area contributed by atoms with E-state index in [2.05, 4.69) is 18.8 Å². The van der Waals surface area contributed by atoms with Crippen LogP contribution in [0, 0.1) is 0 Å². The molecule has 1 heterocycles. The van der Waals surface area contributed by atoms with Crippen LogP contribution in [0.1, 0.15) is 58.1 Å². The fraction of sp³-hybridized carbons (Fsp3) is 0.455. The maximum Gasteiger partial charge on any atom is 0.180 e. The molecule has 5 nitrogen and oxygen atoms in total. The normalized spacial score (nSPS) is 24.7. The van der Waals surface area contributed by atoms with Crippen LogP contribution in [0.25, 0.3) is 0 Å². The monoisotopic (exact) mass is 405 g/mol. The Morgan fingerprint density at radius 1 is 1.32 bits per heavy atom. The molecule has 0 spiro atoms. The summed E-state index contributed by atoms with van der Waals surface area (Å²) < 4.78 is 26.6. The molecule has 6 heteroatoms. The highest BCUT2D eigenvalue weighted by atomic mass is 32.2. The fourth-order valence-electron chi connectivity index (χ4n) is 3.82. The second-order valence-electron chi connectivity index (χ2n) is 7.35. The summed E-state index contributed by atoms with van der Waals surface area (Å²) in [6.07, 6.45) is 10.5. The van der Waals surface area contributed by atoms with Gasteiger partial charge in [0.15, 0.2) is 21.3 Å². The van der Waals surface area contributed by atoms with Crippen LogP contribution in [0.3, 0.4) is 0 Å². The molecule has 0 unspecified atom stereocenters. The average Bonchev–Trinajstić information content (AvgIpc) is 2.74. The molecule has 1 aromatic rings. The van der Waals surface area contributed by atoms with Crippen molar-refractivity contribution in [2.75, 3.05) is 5.75 Å². The summed E-state index contributed by atoms with van der Waals surface area (Å²) in [7, 11) is -3.67. The number of hydrogen-bond donors (Lipinski definition) is 3. The van der Waals surface area contributed by atoms with Gasteiger partial charge in [0.1, 0.15) is 0 Å². The Hall–Kier alpha value is -2.05. The molecule has 0 aliphatic carbocycles. The van der Waals surface area contributed by atoms with Crippen LogP contribution >= 0.6 is 0 Å². The van der Waals surface area contributed by atoms with Crippen molar-refractivity contribution >= 4 is 9.84 Å². The third kappa shape index (κ3) is 4.50. The van der Waals surface area contributed by atoms with Gasteiger partial charge in [-0.15, -0.1) is 0 Å². The molecule has 1 aliphatic rings. The molecule has 0 aromatic heterocycles. The molecule has 1 aromatic carbocycles. The molecule has 3 N–H and O–H groups in total. The molecular formula is C22H31NO4S. The van der Waals surface area contributed by atoms with Gasteiger partial charge in [0, 0.05) is 11.6 Å². The number of fused-ring (bicyclic) bond motifs is 1. The number of unbranched alkanes of at least 4 members (excludes halogenated alkanes) is 1. The number of phenolic OH excluding ortho intramolecular Hbond substituents is 2.